The van der Waals surface area contributed by atoms with Crippen LogP contribution in [0.15, 0.2) is 0 Å². The van der Waals surface area contributed by atoms with Gasteiger partial charge in [-0.15, -0.1) is 0 Å². The van der Waals surface area contributed by atoms with Gasteiger partial charge in [0.2, 0.25) is 5.91 Å². The molecule has 4 rings (SSSR count). The molecule has 0 unspecified atom stereocenters. The van der Waals surface area contributed by atoms with Gasteiger partial charge < -0.3 is 21.1 Å². The summed E-state index contributed by atoms with van der Waals surface area (Å²) >= 11 is 0. The zero-order valence-corrected chi connectivity index (χ0v) is 28.0. The highest BCUT2D eigenvalue weighted by molar-refractivity contribution is 5.79. The van der Waals surface area contributed by atoms with Gasteiger partial charge in [-0.1, -0.05) is 54.4 Å². The summed E-state index contributed by atoms with van der Waals surface area (Å²) in [5, 5.41) is 14.2. The van der Waals surface area contributed by atoms with E-state index < -0.39 is 0 Å². The van der Waals surface area contributed by atoms with Crippen LogP contribution in [0.4, 0.5) is 0 Å². The fourth-order valence-corrected chi connectivity index (χ4v) is 11.3. The normalized spacial score (nSPS) is 41.1. The number of nitrogens with two attached hydrogens (primary N) is 1. The molecule has 0 aromatic carbocycles. The average Bonchev–Trinajstić information content (AvgIpc) is 3.27. The SMILES string of the molecule is CC(C)CCC[C@H](C(=O)NCCCN(C)CCCN)[C@@H]1CC[C@@]2(C)[C@H]1CC[C@H]1[C@@]3(C)CC[C@@H](O)[C@@H](C)[C@@H]3CC[C@@]12C. The van der Waals surface area contributed by atoms with E-state index in [1.165, 1.54) is 51.4 Å². The predicted octanol–water partition coefficient (Wildman–Crippen LogP) is 6.87. The molecule has 4 aliphatic carbocycles. The minimum absolute atomic E-state index is 0.114. The lowest BCUT2D eigenvalue weighted by Gasteiger charge is -2.68. The van der Waals surface area contributed by atoms with Gasteiger partial charge in [0.15, 0.2) is 0 Å². The van der Waals surface area contributed by atoms with Crippen molar-refractivity contribution >= 4 is 5.91 Å². The molecule has 4 fully saturated rings. The number of carbonyl (C=O) groups is 1. The number of aliphatic hydroxyl groups is 1. The summed E-state index contributed by atoms with van der Waals surface area (Å²) < 4.78 is 0. The van der Waals surface area contributed by atoms with Gasteiger partial charge in [-0.3, -0.25) is 4.79 Å². The topological polar surface area (TPSA) is 78.6 Å². The predicted molar refractivity (Wildman–Crippen MR) is 171 cm³/mol. The maximum atomic E-state index is 13.9. The van der Waals surface area contributed by atoms with Crippen LogP contribution < -0.4 is 11.1 Å². The fourth-order valence-electron chi connectivity index (χ4n) is 11.3. The summed E-state index contributed by atoms with van der Waals surface area (Å²) in [7, 11) is 2.16. The second-order valence-corrected chi connectivity index (χ2v) is 16.4. The molecule has 0 spiro atoms. The number of rotatable bonds is 13. The molecule has 0 saturated heterocycles. The second-order valence-electron chi connectivity index (χ2n) is 16.4. The van der Waals surface area contributed by atoms with Gasteiger partial charge in [0, 0.05) is 12.5 Å². The Morgan fingerprint density at radius 3 is 2.34 bits per heavy atom. The summed E-state index contributed by atoms with van der Waals surface area (Å²) in [6.07, 6.45) is 15.2. The maximum absolute atomic E-state index is 13.9. The molecule has 0 aromatic heterocycles. The zero-order chi connectivity index (χ0) is 30.0. The number of aliphatic hydroxyl groups excluding tert-OH is 1. The molecule has 4 aliphatic rings. The van der Waals surface area contributed by atoms with E-state index in [1.54, 1.807) is 0 Å². The smallest absolute Gasteiger partial charge is 0.223 e. The standard InChI is InChI=1S/C36H67N3O2/c1-25(2)11-8-12-28(33(41)38-22-10-24-39(7)23-9-21-37)27-15-19-35(5)30(27)13-14-32-34(4)18-17-31(40)26(3)29(34)16-20-36(32,35)6/h25-32,40H,8-24,37H2,1-7H3,(H,38,41)/t26-,27-,28-,29-,30-,31+,32-,34-,35-,36-/m0/s1. The van der Waals surface area contributed by atoms with Crippen LogP contribution in [0.25, 0.3) is 0 Å². The van der Waals surface area contributed by atoms with Gasteiger partial charge in [0.25, 0.3) is 0 Å². The lowest BCUT2D eigenvalue weighted by Crippen LogP contribution is -2.62. The summed E-state index contributed by atoms with van der Waals surface area (Å²) in [6, 6.07) is 0. The Labute approximate surface area is 253 Å². The Balaban J connectivity index is 1.47. The van der Waals surface area contributed by atoms with E-state index >= 15 is 0 Å². The quantitative estimate of drug-likeness (QED) is 0.210. The minimum Gasteiger partial charge on any atom is -0.393 e. The molecule has 0 heterocycles. The summed E-state index contributed by atoms with van der Waals surface area (Å²) in [5.41, 5.74) is 6.68. The van der Waals surface area contributed by atoms with E-state index in [-0.39, 0.29) is 12.0 Å². The highest BCUT2D eigenvalue weighted by Gasteiger charge is 2.67. The molecule has 1 amide bonds. The lowest BCUT2D eigenvalue weighted by atomic mass is 9.37. The summed E-state index contributed by atoms with van der Waals surface area (Å²) in [5.74, 6) is 4.20. The molecular formula is C36H67N3O2. The van der Waals surface area contributed by atoms with Crippen molar-refractivity contribution in [1.82, 2.24) is 10.2 Å². The molecule has 238 valence electrons. The fraction of sp³-hybridized carbons (Fsp3) is 0.972. The molecule has 0 radical (unpaired) electrons. The molecule has 5 nitrogen and oxygen atoms in total. The monoisotopic (exact) mass is 574 g/mol. The van der Waals surface area contributed by atoms with E-state index in [4.69, 9.17) is 5.73 Å². The first kappa shape index (κ1) is 33.2. The maximum Gasteiger partial charge on any atom is 0.223 e. The molecule has 10 atom stereocenters. The number of hydrogen-bond acceptors (Lipinski definition) is 4. The Kier molecular flexibility index (Phi) is 11.0. The van der Waals surface area contributed by atoms with Crippen molar-refractivity contribution in [2.75, 3.05) is 33.2 Å². The van der Waals surface area contributed by atoms with Crippen LogP contribution >= 0.6 is 0 Å². The van der Waals surface area contributed by atoms with Gasteiger partial charge in [0.1, 0.15) is 0 Å². The molecule has 0 bridgehead atoms. The highest BCUT2D eigenvalue weighted by Crippen LogP contribution is 2.74. The van der Waals surface area contributed by atoms with Crippen LogP contribution in [0.2, 0.25) is 0 Å². The Morgan fingerprint density at radius 2 is 1.63 bits per heavy atom. The van der Waals surface area contributed by atoms with Gasteiger partial charge in [-0.05, 0) is 149 Å². The molecular weight excluding hydrogens is 506 g/mol. The lowest BCUT2D eigenvalue weighted by molar-refractivity contribution is -0.203. The molecule has 41 heavy (non-hydrogen) atoms. The number of fused-ring (bicyclic) bond motifs is 5. The first-order valence-corrected chi connectivity index (χ1v) is 17.7. The van der Waals surface area contributed by atoms with E-state index in [2.05, 4.69) is 58.8 Å². The van der Waals surface area contributed by atoms with Crippen molar-refractivity contribution < 1.29 is 9.90 Å². The third-order valence-electron chi connectivity index (χ3n) is 13.9. The van der Waals surface area contributed by atoms with Crippen molar-refractivity contribution in [3.05, 3.63) is 0 Å². The number of amides is 1. The zero-order valence-electron chi connectivity index (χ0n) is 28.0. The van der Waals surface area contributed by atoms with Crippen LogP contribution in [-0.2, 0) is 4.79 Å². The Morgan fingerprint density at radius 1 is 0.927 bits per heavy atom. The largest absolute Gasteiger partial charge is 0.393 e. The number of nitrogens with one attached hydrogen (secondary N) is 1. The van der Waals surface area contributed by atoms with Crippen LogP contribution in [-0.4, -0.2) is 55.2 Å². The van der Waals surface area contributed by atoms with Crippen molar-refractivity contribution in [2.45, 2.75) is 131 Å². The number of nitrogens with zero attached hydrogens (tertiary/aromatic N) is 1. The minimum atomic E-state index is -0.114. The molecule has 4 saturated carbocycles. The van der Waals surface area contributed by atoms with Crippen molar-refractivity contribution in [3.8, 4) is 0 Å². The van der Waals surface area contributed by atoms with E-state index in [9.17, 15) is 9.90 Å². The van der Waals surface area contributed by atoms with Gasteiger partial charge in [0.05, 0.1) is 6.10 Å². The van der Waals surface area contributed by atoms with E-state index in [0.29, 0.717) is 51.7 Å². The Bertz CT molecular complexity index is 864. The first-order chi connectivity index (χ1) is 19.4. The van der Waals surface area contributed by atoms with Gasteiger partial charge >= 0.3 is 0 Å². The number of hydrogen-bond donors (Lipinski definition) is 3. The van der Waals surface area contributed by atoms with Gasteiger partial charge in [-0.2, -0.15) is 0 Å². The third-order valence-corrected chi connectivity index (χ3v) is 13.9. The third kappa shape index (κ3) is 6.44. The van der Waals surface area contributed by atoms with Crippen molar-refractivity contribution in [1.29, 1.82) is 0 Å². The van der Waals surface area contributed by atoms with Crippen LogP contribution in [0.3, 0.4) is 0 Å². The van der Waals surface area contributed by atoms with Crippen molar-refractivity contribution in [2.24, 2.45) is 63.4 Å². The second kappa shape index (κ2) is 13.6. The summed E-state index contributed by atoms with van der Waals surface area (Å²) in [6.45, 7) is 18.4. The molecule has 0 aliphatic heterocycles. The van der Waals surface area contributed by atoms with Crippen LogP contribution in [0.1, 0.15) is 125 Å². The van der Waals surface area contributed by atoms with Crippen molar-refractivity contribution in [3.63, 3.8) is 0 Å². The first-order valence-electron chi connectivity index (χ1n) is 17.7. The molecule has 0 aromatic rings. The number of carbonyl (C=O) groups excluding carboxylic acids is 1. The highest BCUT2D eigenvalue weighted by atomic mass is 16.3. The summed E-state index contributed by atoms with van der Waals surface area (Å²) in [4.78, 5) is 16.2. The van der Waals surface area contributed by atoms with E-state index in [1.807, 2.05) is 0 Å². The molecule has 5 heteroatoms. The van der Waals surface area contributed by atoms with Crippen LogP contribution in [0.5, 0.6) is 0 Å². The van der Waals surface area contributed by atoms with Crippen LogP contribution in [0, 0.1) is 57.7 Å². The average molecular weight is 574 g/mol. The van der Waals surface area contributed by atoms with Gasteiger partial charge in [-0.25, -0.2) is 0 Å². The molecule has 4 N–H and O–H groups in total. The van der Waals surface area contributed by atoms with E-state index in [0.717, 1.165) is 64.2 Å². The Hall–Kier alpha value is -0.650.